The van der Waals surface area contributed by atoms with Gasteiger partial charge in [-0.25, -0.2) is 4.57 Å². The van der Waals surface area contributed by atoms with E-state index in [0.717, 1.165) is 0 Å². The molecule has 0 saturated carbocycles. The molecule has 0 aliphatic carbocycles. The predicted molar refractivity (Wildman–Crippen MR) is 47.6 cm³/mol. The van der Waals surface area contributed by atoms with Gasteiger partial charge < -0.3 is 4.52 Å². The monoisotopic (exact) mass is 203 g/mol. The van der Waals surface area contributed by atoms with Gasteiger partial charge in [0.05, 0.1) is 6.26 Å². The van der Waals surface area contributed by atoms with Crippen molar-refractivity contribution in [2.75, 3.05) is 0 Å². The Labute approximate surface area is 75.9 Å². The maximum absolute atomic E-state index is 9.63. The van der Waals surface area contributed by atoms with Crippen LogP contribution in [0.15, 0.2) is 43.4 Å². The van der Waals surface area contributed by atoms with Crippen LogP contribution in [0.1, 0.15) is 0 Å². The van der Waals surface area contributed by atoms with Crippen LogP contribution < -0.4 is 0 Å². The number of aromatic nitrogens is 1. The average molecular weight is 203 g/mol. The highest BCUT2D eigenvalue weighted by molar-refractivity contribution is 7.46. The topological polar surface area (TPSA) is 79.7 Å². The molecule has 13 heavy (non-hydrogen) atoms. The molecular weight excluding hydrogens is 193 g/mol. The summed E-state index contributed by atoms with van der Waals surface area (Å²) < 4.78 is 13.3. The van der Waals surface area contributed by atoms with Gasteiger partial charge in [-0.05, 0) is 12.1 Å². The minimum Gasteiger partial charge on any atom is -0.413 e. The first-order valence-electron chi connectivity index (χ1n) is 3.26. The molecule has 72 valence electrons. The molecule has 0 fully saturated rings. The summed E-state index contributed by atoms with van der Waals surface area (Å²) in [4.78, 5) is 19.5. The van der Waals surface area contributed by atoms with Gasteiger partial charge in [-0.1, -0.05) is 12.6 Å². The van der Waals surface area contributed by atoms with Crippen LogP contribution in [0.4, 0.5) is 0 Å². The number of hydrogen-bond donors (Lipinski definition) is 2. The number of pyridine rings is 1. The predicted octanol–water partition coefficient (Wildman–Crippen LogP) is 1.32. The molecule has 6 heteroatoms. The van der Waals surface area contributed by atoms with E-state index in [1.165, 1.54) is 0 Å². The summed E-state index contributed by atoms with van der Waals surface area (Å²) in [5, 5.41) is 0. The minimum atomic E-state index is -4.28. The number of rotatable bonds is 2. The van der Waals surface area contributed by atoms with E-state index in [0.29, 0.717) is 6.26 Å². The third-order valence-corrected chi connectivity index (χ3v) is 1.20. The van der Waals surface area contributed by atoms with E-state index in [1.54, 1.807) is 12.4 Å². The summed E-state index contributed by atoms with van der Waals surface area (Å²) >= 11 is 0. The standard InChI is InChI=1S/C5H5N.C2H5O4P/c1-2-4-6-5-3-1;1-2-6-7(3,4)5/h1-5H;2H,1H2,(H2,3,4,5). The van der Waals surface area contributed by atoms with E-state index < -0.39 is 7.82 Å². The van der Waals surface area contributed by atoms with E-state index >= 15 is 0 Å². The Hall–Kier alpha value is -1.16. The Bertz CT molecular complexity index is 244. The Balaban J connectivity index is 0.000000223. The van der Waals surface area contributed by atoms with Gasteiger partial charge in [0.2, 0.25) is 0 Å². The molecule has 5 nitrogen and oxygen atoms in total. The lowest BCUT2D eigenvalue weighted by Crippen LogP contribution is -1.75. The third kappa shape index (κ3) is 10.8. The van der Waals surface area contributed by atoms with Gasteiger partial charge in [0, 0.05) is 12.4 Å². The Kier molecular flexibility index (Phi) is 5.80. The van der Waals surface area contributed by atoms with Crippen LogP contribution >= 0.6 is 7.82 Å². The van der Waals surface area contributed by atoms with Crippen LogP contribution in [-0.4, -0.2) is 14.8 Å². The van der Waals surface area contributed by atoms with Gasteiger partial charge in [-0.2, -0.15) is 0 Å². The summed E-state index contributed by atoms with van der Waals surface area (Å²) in [5.74, 6) is 0. The van der Waals surface area contributed by atoms with Crippen molar-refractivity contribution in [2.45, 2.75) is 0 Å². The second kappa shape index (κ2) is 6.37. The average Bonchev–Trinajstić information content (AvgIpc) is 2.06. The minimum absolute atomic E-state index is 0.695. The molecule has 1 aromatic heterocycles. The molecule has 0 spiro atoms. The first-order chi connectivity index (χ1) is 6.06. The molecule has 1 aromatic rings. The van der Waals surface area contributed by atoms with E-state index in [2.05, 4.69) is 16.1 Å². The lowest BCUT2D eigenvalue weighted by molar-refractivity contribution is 0.259. The SMILES string of the molecule is C=COP(=O)(O)O.c1ccncc1. The fraction of sp³-hybridized carbons (Fsp3) is 0. The fourth-order valence-electron chi connectivity index (χ4n) is 0.410. The Morgan fingerprint density at radius 3 is 1.92 bits per heavy atom. The molecule has 0 bridgehead atoms. The molecule has 1 heterocycles. The lowest BCUT2D eigenvalue weighted by Gasteiger charge is -1.96. The van der Waals surface area contributed by atoms with Crippen molar-refractivity contribution in [2.24, 2.45) is 0 Å². The molecule has 0 aliphatic heterocycles. The van der Waals surface area contributed by atoms with E-state index in [4.69, 9.17) is 9.79 Å². The molecule has 0 amide bonds. The Morgan fingerprint density at radius 2 is 1.85 bits per heavy atom. The van der Waals surface area contributed by atoms with E-state index in [9.17, 15) is 4.57 Å². The summed E-state index contributed by atoms with van der Waals surface area (Å²) in [7, 11) is -4.28. The van der Waals surface area contributed by atoms with Crippen molar-refractivity contribution in [1.82, 2.24) is 4.98 Å². The van der Waals surface area contributed by atoms with Gasteiger partial charge in [-0.3, -0.25) is 14.8 Å². The summed E-state index contributed by atoms with van der Waals surface area (Å²) in [6.07, 6.45) is 4.20. The van der Waals surface area contributed by atoms with Gasteiger partial charge in [-0.15, -0.1) is 0 Å². The van der Waals surface area contributed by atoms with Crippen LogP contribution in [-0.2, 0) is 9.09 Å². The molecule has 0 unspecified atom stereocenters. The van der Waals surface area contributed by atoms with Gasteiger partial charge in [0.1, 0.15) is 0 Å². The van der Waals surface area contributed by atoms with Crippen LogP contribution in [0.5, 0.6) is 0 Å². The molecule has 0 aliphatic rings. The lowest BCUT2D eigenvalue weighted by atomic mass is 10.5. The zero-order valence-electron chi connectivity index (χ0n) is 6.78. The molecule has 0 aromatic carbocycles. The number of nitrogens with zero attached hydrogens (tertiary/aromatic N) is 1. The first kappa shape index (κ1) is 11.8. The summed E-state index contributed by atoms with van der Waals surface area (Å²) in [6.45, 7) is 2.93. The maximum atomic E-state index is 9.63. The van der Waals surface area contributed by atoms with Crippen LogP contribution in [0.2, 0.25) is 0 Å². The van der Waals surface area contributed by atoms with Crippen molar-refractivity contribution < 1.29 is 18.9 Å². The molecule has 2 N–H and O–H groups in total. The second-order valence-corrected chi connectivity index (χ2v) is 2.98. The summed E-state index contributed by atoms with van der Waals surface area (Å²) in [6, 6.07) is 5.72. The van der Waals surface area contributed by atoms with Crippen molar-refractivity contribution in [1.29, 1.82) is 0 Å². The Morgan fingerprint density at radius 1 is 1.31 bits per heavy atom. The highest BCUT2D eigenvalue weighted by Crippen LogP contribution is 2.35. The summed E-state index contributed by atoms with van der Waals surface area (Å²) in [5.41, 5.74) is 0. The smallest absolute Gasteiger partial charge is 0.413 e. The van der Waals surface area contributed by atoms with Crippen molar-refractivity contribution in [3.05, 3.63) is 43.4 Å². The molecule has 0 saturated heterocycles. The zero-order valence-corrected chi connectivity index (χ0v) is 7.67. The molecule has 0 atom stereocenters. The normalized spacial score (nSPS) is 9.38. The largest absolute Gasteiger partial charge is 0.524 e. The molecule has 0 radical (unpaired) electrons. The van der Waals surface area contributed by atoms with Crippen molar-refractivity contribution >= 4 is 7.82 Å². The molecule has 1 rings (SSSR count). The molecular formula is C7H10NO4P. The van der Waals surface area contributed by atoms with Gasteiger partial charge in [0.15, 0.2) is 0 Å². The number of phosphoric acid groups is 1. The quantitative estimate of drug-likeness (QED) is 0.559. The number of hydrogen-bond acceptors (Lipinski definition) is 3. The van der Waals surface area contributed by atoms with Crippen LogP contribution in [0.3, 0.4) is 0 Å². The first-order valence-corrected chi connectivity index (χ1v) is 4.79. The van der Waals surface area contributed by atoms with E-state index in [-0.39, 0.29) is 0 Å². The number of phosphoric ester groups is 1. The van der Waals surface area contributed by atoms with Crippen molar-refractivity contribution in [3.8, 4) is 0 Å². The maximum Gasteiger partial charge on any atom is 0.524 e. The van der Waals surface area contributed by atoms with Crippen LogP contribution in [0.25, 0.3) is 0 Å². The van der Waals surface area contributed by atoms with Gasteiger partial charge in [0.25, 0.3) is 0 Å². The van der Waals surface area contributed by atoms with Crippen LogP contribution in [0, 0.1) is 0 Å². The van der Waals surface area contributed by atoms with Gasteiger partial charge >= 0.3 is 7.82 Å². The highest BCUT2D eigenvalue weighted by atomic mass is 31.2. The van der Waals surface area contributed by atoms with E-state index in [1.807, 2.05) is 18.2 Å². The highest BCUT2D eigenvalue weighted by Gasteiger charge is 2.10. The third-order valence-electron chi connectivity index (χ3n) is 0.778. The fourth-order valence-corrected chi connectivity index (χ4v) is 0.604. The zero-order chi connectivity index (χ0) is 10.2. The van der Waals surface area contributed by atoms with Crippen molar-refractivity contribution in [3.63, 3.8) is 0 Å². The second-order valence-electron chi connectivity index (χ2n) is 1.79.